The van der Waals surface area contributed by atoms with E-state index < -0.39 is 0 Å². The Hall–Kier alpha value is -2.20. The van der Waals surface area contributed by atoms with Crippen LogP contribution >= 0.6 is 0 Å². The van der Waals surface area contributed by atoms with Crippen LogP contribution in [0.5, 0.6) is 0 Å². The summed E-state index contributed by atoms with van der Waals surface area (Å²) in [6.45, 7) is 0.676. The molecule has 0 radical (unpaired) electrons. The SMILES string of the molecule is OCC[n+]1cc2ccccn2c1-c1ccccn1. The zero-order chi connectivity index (χ0) is 12.4. The highest BCUT2D eigenvalue weighted by Crippen LogP contribution is 2.15. The zero-order valence-corrected chi connectivity index (χ0v) is 9.90. The molecule has 0 unspecified atom stereocenters. The molecule has 3 rings (SSSR count). The molecule has 0 aromatic carbocycles. The lowest BCUT2D eigenvalue weighted by Gasteiger charge is -1.99. The van der Waals surface area contributed by atoms with Gasteiger partial charge in [0.1, 0.15) is 12.7 Å². The summed E-state index contributed by atoms with van der Waals surface area (Å²) < 4.78 is 4.11. The van der Waals surface area contributed by atoms with Crippen molar-refractivity contribution in [2.75, 3.05) is 6.61 Å². The van der Waals surface area contributed by atoms with Crippen molar-refractivity contribution in [2.45, 2.75) is 6.54 Å². The fourth-order valence-electron chi connectivity index (χ4n) is 2.16. The van der Waals surface area contributed by atoms with Gasteiger partial charge in [-0.1, -0.05) is 12.1 Å². The number of hydrogen-bond acceptors (Lipinski definition) is 2. The molecule has 0 aliphatic heterocycles. The average Bonchev–Trinajstić information content (AvgIpc) is 2.78. The first-order chi connectivity index (χ1) is 8.90. The summed E-state index contributed by atoms with van der Waals surface area (Å²) in [5.41, 5.74) is 1.99. The van der Waals surface area contributed by atoms with Gasteiger partial charge in [0.2, 0.25) is 0 Å². The van der Waals surface area contributed by atoms with Gasteiger partial charge >= 0.3 is 5.82 Å². The Bertz CT molecular complexity index is 661. The Balaban J connectivity index is 2.28. The van der Waals surface area contributed by atoms with Gasteiger partial charge in [-0.15, -0.1) is 0 Å². The minimum Gasteiger partial charge on any atom is -0.392 e. The summed E-state index contributed by atoms with van der Waals surface area (Å²) in [4.78, 5) is 4.39. The molecule has 4 nitrogen and oxygen atoms in total. The van der Waals surface area contributed by atoms with Crippen molar-refractivity contribution in [3.63, 3.8) is 0 Å². The number of fused-ring (bicyclic) bond motifs is 1. The third-order valence-corrected chi connectivity index (χ3v) is 2.91. The van der Waals surface area contributed by atoms with Crippen LogP contribution in [0.3, 0.4) is 0 Å². The number of aliphatic hydroxyl groups is 1. The van der Waals surface area contributed by atoms with E-state index in [-0.39, 0.29) is 6.61 Å². The molecule has 0 aliphatic rings. The van der Waals surface area contributed by atoms with Gasteiger partial charge in [-0.25, -0.2) is 9.55 Å². The van der Waals surface area contributed by atoms with Crippen LogP contribution < -0.4 is 4.57 Å². The minimum atomic E-state index is 0.112. The van der Waals surface area contributed by atoms with E-state index in [0.717, 1.165) is 17.0 Å². The molecule has 0 amide bonds. The summed E-state index contributed by atoms with van der Waals surface area (Å²) in [5, 5.41) is 9.17. The van der Waals surface area contributed by atoms with E-state index in [4.69, 9.17) is 5.11 Å². The molecule has 3 heterocycles. The molecule has 18 heavy (non-hydrogen) atoms. The van der Waals surface area contributed by atoms with Gasteiger partial charge in [-0.3, -0.25) is 0 Å². The molecule has 0 saturated carbocycles. The average molecular weight is 240 g/mol. The number of nitrogens with zero attached hydrogens (tertiary/aromatic N) is 3. The molecule has 0 fully saturated rings. The second-order valence-corrected chi connectivity index (χ2v) is 4.08. The van der Waals surface area contributed by atoms with E-state index in [1.165, 1.54) is 0 Å². The maximum Gasteiger partial charge on any atom is 0.313 e. The maximum absolute atomic E-state index is 9.17. The van der Waals surface area contributed by atoms with Crippen molar-refractivity contribution in [1.82, 2.24) is 9.38 Å². The van der Waals surface area contributed by atoms with Gasteiger partial charge in [0, 0.05) is 6.20 Å². The lowest BCUT2D eigenvalue weighted by Crippen LogP contribution is -2.36. The summed E-state index contributed by atoms with van der Waals surface area (Å²) in [7, 11) is 0. The Kier molecular flexibility index (Phi) is 2.78. The van der Waals surface area contributed by atoms with Gasteiger partial charge in [0.05, 0.1) is 12.8 Å². The van der Waals surface area contributed by atoms with Crippen molar-refractivity contribution in [2.24, 2.45) is 0 Å². The maximum atomic E-state index is 9.17. The summed E-state index contributed by atoms with van der Waals surface area (Å²) in [6, 6.07) is 11.9. The van der Waals surface area contributed by atoms with Gasteiger partial charge in [0.25, 0.3) is 0 Å². The van der Waals surface area contributed by atoms with E-state index in [2.05, 4.69) is 9.38 Å². The van der Waals surface area contributed by atoms with Crippen LogP contribution in [0.15, 0.2) is 55.0 Å². The van der Waals surface area contributed by atoms with E-state index in [1.807, 2.05) is 53.4 Å². The van der Waals surface area contributed by atoms with Crippen molar-refractivity contribution in [3.8, 4) is 11.5 Å². The van der Waals surface area contributed by atoms with Gasteiger partial charge in [-0.2, -0.15) is 4.40 Å². The highest BCUT2D eigenvalue weighted by atomic mass is 16.3. The predicted molar refractivity (Wildman–Crippen MR) is 67.9 cm³/mol. The molecule has 4 heteroatoms. The second-order valence-electron chi connectivity index (χ2n) is 4.08. The molecule has 1 N–H and O–H groups in total. The van der Waals surface area contributed by atoms with Gasteiger partial charge in [0.15, 0.2) is 11.2 Å². The molecular weight excluding hydrogens is 226 g/mol. The van der Waals surface area contributed by atoms with Crippen molar-refractivity contribution in [1.29, 1.82) is 0 Å². The third kappa shape index (κ3) is 1.76. The standard InChI is InChI=1S/C14H14N3O/c18-10-9-16-11-12-5-2-4-8-17(12)14(16)13-6-1-3-7-15-13/h1-8,11,18H,9-10H2/q+1. The Labute approximate surface area is 105 Å². The third-order valence-electron chi connectivity index (χ3n) is 2.91. The second kappa shape index (κ2) is 4.58. The number of hydrogen-bond donors (Lipinski definition) is 1. The fraction of sp³-hybridized carbons (Fsp3) is 0.143. The lowest BCUT2D eigenvalue weighted by atomic mass is 10.3. The summed E-state index contributed by atoms with van der Waals surface area (Å²) >= 11 is 0. The normalized spacial score (nSPS) is 10.9. The molecule has 90 valence electrons. The smallest absolute Gasteiger partial charge is 0.313 e. The lowest BCUT2D eigenvalue weighted by molar-refractivity contribution is -0.686. The van der Waals surface area contributed by atoms with Crippen LogP contribution in [0.25, 0.3) is 17.0 Å². The van der Waals surface area contributed by atoms with Crippen LogP contribution in [0.1, 0.15) is 0 Å². The molecular formula is C14H14N3O+. The molecule has 0 atom stereocenters. The highest BCUT2D eigenvalue weighted by molar-refractivity contribution is 5.55. The van der Waals surface area contributed by atoms with Crippen LogP contribution in [0, 0.1) is 0 Å². The number of aliphatic hydroxyl groups excluding tert-OH is 1. The number of aromatic nitrogens is 3. The number of pyridine rings is 2. The summed E-state index contributed by atoms with van der Waals surface area (Å²) in [6.07, 6.45) is 5.81. The molecule has 0 spiro atoms. The van der Waals surface area contributed by atoms with Crippen LogP contribution in [-0.2, 0) is 6.54 Å². The van der Waals surface area contributed by atoms with Crippen molar-refractivity contribution < 1.29 is 9.67 Å². The van der Waals surface area contributed by atoms with E-state index >= 15 is 0 Å². The molecule has 0 saturated heterocycles. The Morgan fingerprint density at radius 2 is 2.06 bits per heavy atom. The predicted octanol–water partition coefficient (Wildman–Crippen LogP) is 1.28. The molecule has 3 aromatic rings. The number of imidazole rings is 1. The first-order valence-corrected chi connectivity index (χ1v) is 5.92. The van der Waals surface area contributed by atoms with E-state index in [0.29, 0.717) is 6.54 Å². The first kappa shape index (κ1) is 10.9. The topological polar surface area (TPSA) is 41.4 Å². The van der Waals surface area contributed by atoms with E-state index in [1.54, 1.807) is 6.20 Å². The van der Waals surface area contributed by atoms with Crippen LogP contribution in [0.4, 0.5) is 0 Å². The van der Waals surface area contributed by atoms with E-state index in [9.17, 15) is 0 Å². The molecule has 0 aliphatic carbocycles. The fourth-order valence-corrected chi connectivity index (χ4v) is 2.16. The van der Waals surface area contributed by atoms with Crippen molar-refractivity contribution in [3.05, 3.63) is 55.0 Å². The zero-order valence-electron chi connectivity index (χ0n) is 9.90. The summed E-state index contributed by atoms with van der Waals surface area (Å²) in [5.74, 6) is 0.986. The molecule has 3 aromatic heterocycles. The highest BCUT2D eigenvalue weighted by Gasteiger charge is 2.20. The minimum absolute atomic E-state index is 0.112. The monoisotopic (exact) mass is 240 g/mol. The Morgan fingerprint density at radius 3 is 2.83 bits per heavy atom. The van der Waals surface area contributed by atoms with Crippen molar-refractivity contribution >= 4 is 5.52 Å². The van der Waals surface area contributed by atoms with Crippen LogP contribution in [-0.4, -0.2) is 21.1 Å². The Morgan fingerprint density at radius 1 is 1.17 bits per heavy atom. The quantitative estimate of drug-likeness (QED) is 0.701. The van der Waals surface area contributed by atoms with Crippen LogP contribution in [0.2, 0.25) is 0 Å². The van der Waals surface area contributed by atoms with Gasteiger partial charge < -0.3 is 5.11 Å². The van der Waals surface area contributed by atoms with Gasteiger partial charge in [-0.05, 0) is 24.3 Å². The first-order valence-electron chi connectivity index (χ1n) is 5.92. The molecule has 0 bridgehead atoms. The largest absolute Gasteiger partial charge is 0.392 e. The number of rotatable bonds is 3.